The number of nitrogens with zero attached hydrogens (tertiary/aromatic N) is 4. The van der Waals surface area contributed by atoms with Gasteiger partial charge in [0, 0.05) is 32.2 Å². The lowest BCUT2D eigenvalue weighted by Crippen LogP contribution is -2.38. The molecule has 1 aliphatic heterocycles. The number of hydrogen-bond acceptors (Lipinski definition) is 6. The van der Waals surface area contributed by atoms with Crippen molar-refractivity contribution in [1.82, 2.24) is 19.7 Å². The molecule has 1 aliphatic rings. The first kappa shape index (κ1) is 15.8. The average molecular weight is 318 g/mol. The summed E-state index contributed by atoms with van der Waals surface area (Å²) in [6.07, 6.45) is 1.63. The molecular formula is C16H22N4O3. The summed E-state index contributed by atoms with van der Waals surface area (Å²) in [5.41, 5.74) is 1.10. The van der Waals surface area contributed by atoms with Crippen molar-refractivity contribution in [3.8, 4) is 11.5 Å². The molecule has 1 aromatic heterocycles. The Balaban J connectivity index is 1.74. The summed E-state index contributed by atoms with van der Waals surface area (Å²) < 4.78 is 18.6. The molecule has 23 heavy (non-hydrogen) atoms. The number of aryl methyl sites for hydroxylation is 1. The fourth-order valence-corrected chi connectivity index (χ4v) is 2.91. The summed E-state index contributed by atoms with van der Waals surface area (Å²) in [6.45, 7) is 3.09. The van der Waals surface area contributed by atoms with Crippen molar-refractivity contribution in [3.05, 3.63) is 35.9 Å². The van der Waals surface area contributed by atoms with Gasteiger partial charge in [0.2, 0.25) is 0 Å². The molecule has 1 atom stereocenters. The number of hydrogen-bond donors (Lipinski definition) is 0. The molecule has 0 aliphatic carbocycles. The monoisotopic (exact) mass is 318 g/mol. The molecule has 3 rings (SSSR count). The van der Waals surface area contributed by atoms with Gasteiger partial charge >= 0.3 is 0 Å². The second-order valence-electron chi connectivity index (χ2n) is 5.55. The van der Waals surface area contributed by atoms with Crippen LogP contribution < -0.4 is 9.47 Å². The molecule has 7 heteroatoms. The van der Waals surface area contributed by atoms with Gasteiger partial charge in [-0.25, -0.2) is 0 Å². The molecule has 0 spiro atoms. The topological polar surface area (TPSA) is 61.6 Å². The first-order valence-corrected chi connectivity index (χ1v) is 7.60. The van der Waals surface area contributed by atoms with Gasteiger partial charge in [0.1, 0.15) is 12.4 Å². The SMILES string of the molecule is COc1cccc(CN2CCOC(c3nncn3C)C2)c1OC. The maximum atomic E-state index is 5.85. The van der Waals surface area contributed by atoms with Gasteiger partial charge in [-0.2, -0.15) is 0 Å². The van der Waals surface area contributed by atoms with E-state index in [1.165, 1.54) is 0 Å². The standard InChI is InChI=1S/C16H22N4O3/c1-19-11-17-18-16(19)14-10-20(7-8-23-14)9-12-5-4-6-13(21-2)15(12)22-3/h4-6,11,14H,7-10H2,1-3H3. The lowest BCUT2D eigenvalue weighted by molar-refractivity contribution is -0.0387. The molecule has 2 aromatic rings. The molecule has 1 saturated heterocycles. The third kappa shape index (κ3) is 3.30. The van der Waals surface area contributed by atoms with E-state index in [1.807, 2.05) is 23.7 Å². The van der Waals surface area contributed by atoms with E-state index in [2.05, 4.69) is 21.2 Å². The Hall–Kier alpha value is -2.12. The summed E-state index contributed by atoms with van der Waals surface area (Å²) in [5, 5.41) is 8.09. The molecule has 124 valence electrons. The van der Waals surface area contributed by atoms with Crippen molar-refractivity contribution in [2.75, 3.05) is 33.9 Å². The van der Waals surface area contributed by atoms with Crippen molar-refractivity contribution < 1.29 is 14.2 Å². The molecule has 2 heterocycles. The highest BCUT2D eigenvalue weighted by atomic mass is 16.5. The van der Waals surface area contributed by atoms with E-state index in [4.69, 9.17) is 14.2 Å². The number of ether oxygens (including phenoxy) is 3. The third-order valence-corrected chi connectivity index (χ3v) is 4.06. The predicted octanol–water partition coefficient (Wildman–Crippen LogP) is 1.41. The molecule has 1 aromatic carbocycles. The average Bonchev–Trinajstić information content (AvgIpc) is 3.01. The van der Waals surface area contributed by atoms with Crippen LogP contribution in [-0.4, -0.2) is 53.6 Å². The zero-order valence-electron chi connectivity index (χ0n) is 13.7. The van der Waals surface area contributed by atoms with Crippen molar-refractivity contribution >= 4 is 0 Å². The first-order chi connectivity index (χ1) is 11.2. The number of morpholine rings is 1. The Bertz CT molecular complexity index is 659. The first-order valence-electron chi connectivity index (χ1n) is 7.60. The second kappa shape index (κ2) is 6.97. The Morgan fingerprint density at radius 2 is 2.17 bits per heavy atom. The van der Waals surface area contributed by atoms with E-state index in [0.717, 1.165) is 42.5 Å². The molecule has 0 radical (unpaired) electrons. The van der Waals surface area contributed by atoms with Gasteiger partial charge in [-0.05, 0) is 6.07 Å². The van der Waals surface area contributed by atoms with Crippen LogP contribution in [0.15, 0.2) is 24.5 Å². The van der Waals surface area contributed by atoms with Crippen LogP contribution in [0.1, 0.15) is 17.5 Å². The lowest BCUT2D eigenvalue weighted by atomic mass is 10.1. The van der Waals surface area contributed by atoms with Crippen LogP contribution in [0.2, 0.25) is 0 Å². The van der Waals surface area contributed by atoms with E-state index in [9.17, 15) is 0 Å². The van der Waals surface area contributed by atoms with Gasteiger partial charge in [-0.1, -0.05) is 12.1 Å². The van der Waals surface area contributed by atoms with Crippen LogP contribution in [0.5, 0.6) is 11.5 Å². The number of rotatable bonds is 5. The third-order valence-electron chi connectivity index (χ3n) is 4.06. The minimum atomic E-state index is -0.0622. The highest BCUT2D eigenvalue weighted by Crippen LogP contribution is 2.32. The molecule has 7 nitrogen and oxygen atoms in total. The number of para-hydroxylation sites is 1. The maximum absolute atomic E-state index is 5.85. The number of aromatic nitrogens is 3. The molecule has 0 bridgehead atoms. The fraction of sp³-hybridized carbons (Fsp3) is 0.500. The zero-order chi connectivity index (χ0) is 16.2. The van der Waals surface area contributed by atoms with E-state index in [1.54, 1.807) is 20.5 Å². The normalized spacial score (nSPS) is 18.8. The second-order valence-corrected chi connectivity index (χ2v) is 5.55. The van der Waals surface area contributed by atoms with Crippen LogP contribution in [-0.2, 0) is 18.3 Å². The molecular weight excluding hydrogens is 296 g/mol. The van der Waals surface area contributed by atoms with Crippen LogP contribution >= 0.6 is 0 Å². The Morgan fingerprint density at radius 1 is 1.30 bits per heavy atom. The fourth-order valence-electron chi connectivity index (χ4n) is 2.91. The number of benzene rings is 1. The smallest absolute Gasteiger partial charge is 0.165 e. The number of methoxy groups -OCH3 is 2. The Morgan fingerprint density at radius 3 is 2.87 bits per heavy atom. The minimum Gasteiger partial charge on any atom is -0.493 e. The summed E-state index contributed by atoms with van der Waals surface area (Å²) in [4.78, 5) is 2.33. The molecule has 1 fully saturated rings. The quantitative estimate of drug-likeness (QED) is 0.830. The van der Waals surface area contributed by atoms with Gasteiger partial charge in [0.05, 0.1) is 20.8 Å². The maximum Gasteiger partial charge on any atom is 0.165 e. The largest absolute Gasteiger partial charge is 0.493 e. The van der Waals surface area contributed by atoms with E-state index in [0.29, 0.717) is 6.61 Å². The minimum absolute atomic E-state index is 0.0622. The van der Waals surface area contributed by atoms with Gasteiger partial charge in [0.25, 0.3) is 0 Å². The van der Waals surface area contributed by atoms with Crippen molar-refractivity contribution in [3.63, 3.8) is 0 Å². The summed E-state index contributed by atoms with van der Waals surface area (Å²) in [6, 6.07) is 5.95. The van der Waals surface area contributed by atoms with E-state index in [-0.39, 0.29) is 6.10 Å². The lowest BCUT2D eigenvalue weighted by Gasteiger charge is -2.32. The van der Waals surface area contributed by atoms with Gasteiger partial charge < -0.3 is 18.8 Å². The highest BCUT2D eigenvalue weighted by molar-refractivity contribution is 5.46. The molecule has 0 N–H and O–H groups in total. The van der Waals surface area contributed by atoms with E-state index < -0.39 is 0 Å². The van der Waals surface area contributed by atoms with E-state index >= 15 is 0 Å². The summed E-state index contributed by atoms with van der Waals surface area (Å²) in [5.74, 6) is 2.40. The van der Waals surface area contributed by atoms with Crippen molar-refractivity contribution in [2.24, 2.45) is 7.05 Å². The zero-order valence-corrected chi connectivity index (χ0v) is 13.7. The molecule has 0 saturated carbocycles. The molecule has 0 amide bonds. The van der Waals surface area contributed by atoms with Crippen LogP contribution in [0, 0.1) is 0 Å². The van der Waals surface area contributed by atoms with Crippen LogP contribution in [0.25, 0.3) is 0 Å². The summed E-state index contributed by atoms with van der Waals surface area (Å²) in [7, 11) is 5.26. The van der Waals surface area contributed by atoms with Gasteiger partial charge in [0.15, 0.2) is 17.3 Å². The molecule has 1 unspecified atom stereocenters. The summed E-state index contributed by atoms with van der Waals surface area (Å²) >= 11 is 0. The van der Waals surface area contributed by atoms with Gasteiger partial charge in [-0.15, -0.1) is 10.2 Å². The Kier molecular flexibility index (Phi) is 4.78. The van der Waals surface area contributed by atoms with Crippen molar-refractivity contribution in [2.45, 2.75) is 12.6 Å². The van der Waals surface area contributed by atoms with Crippen LogP contribution in [0.4, 0.5) is 0 Å². The van der Waals surface area contributed by atoms with Crippen molar-refractivity contribution in [1.29, 1.82) is 0 Å². The van der Waals surface area contributed by atoms with Gasteiger partial charge in [-0.3, -0.25) is 4.90 Å². The predicted molar refractivity (Wildman–Crippen MR) is 84.5 cm³/mol. The van der Waals surface area contributed by atoms with Crippen LogP contribution in [0.3, 0.4) is 0 Å². The highest BCUT2D eigenvalue weighted by Gasteiger charge is 2.26. The Labute approximate surface area is 135 Å².